The molecule has 0 aliphatic heterocycles. The average Bonchev–Trinajstić information content (AvgIpc) is 3.02. The van der Waals surface area contributed by atoms with Crippen molar-refractivity contribution in [2.75, 3.05) is 0 Å². The predicted molar refractivity (Wildman–Crippen MR) is 106 cm³/mol. The number of aromatic hydroxyl groups is 1. The number of fused-ring (bicyclic) bond motifs is 1. The van der Waals surface area contributed by atoms with Gasteiger partial charge < -0.3 is 5.11 Å². The van der Waals surface area contributed by atoms with Crippen molar-refractivity contribution in [2.45, 2.75) is 11.8 Å². The Balaban J connectivity index is 1.99. The number of pyridine rings is 1. The number of rotatable bonds is 3. The second-order valence-electron chi connectivity index (χ2n) is 6.34. The van der Waals surface area contributed by atoms with Crippen LogP contribution in [0.1, 0.15) is 5.56 Å². The molecule has 0 atom stereocenters. The molecule has 0 saturated carbocycles. The summed E-state index contributed by atoms with van der Waals surface area (Å²) in [6.07, 6.45) is 2.97. The summed E-state index contributed by atoms with van der Waals surface area (Å²) in [6.45, 7) is 1.90. The number of hydrogen-bond donors (Lipinski definition) is 1. The number of phenolic OH excluding ortho intramolecular Hbond substituents is 1. The third kappa shape index (κ3) is 3.00. The van der Waals surface area contributed by atoms with Crippen LogP contribution in [-0.2, 0) is 10.0 Å². The summed E-state index contributed by atoms with van der Waals surface area (Å²) in [6, 6.07) is 14.9. The molecule has 0 aliphatic rings. The fourth-order valence-electron chi connectivity index (χ4n) is 2.97. The van der Waals surface area contributed by atoms with Crippen LogP contribution in [0, 0.1) is 6.92 Å². The topological polar surface area (TPSA) is 72.2 Å². The molecule has 0 amide bonds. The van der Waals surface area contributed by atoms with Crippen LogP contribution < -0.4 is 5.46 Å². The Kier molecular flexibility index (Phi) is 4.04. The van der Waals surface area contributed by atoms with Crippen LogP contribution >= 0.6 is 0 Å². The molecule has 4 aromatic rings. The fourth-order valence-corrected chi connectivity index (χ4v) is 4.30. The van der Waals surface area contributed by atoms with E-state index in [2.05, 4.69) is 4.98 Å². The van der Waals surface area contributed by atoms with Gasteiger partial charge in [0.1, 0.15) is 13.6 Å². The summed E-state index contributed by atoms with van der Waals surface area (Å²) in [5.41, 5.74) is 3.13. The van der Waals surface area contributed by atoms with Crippen LogP contribution in [0.4, 0.5) is 0 Å². The Morgan fingerprint density at radius 3 is 2.37 bits per heavy atom. The molecular weight excluding hydrogens is 359 g/mol. The zero-order chi connectivity index (χ0) is 19.2. The van der Waals surface area contributed by atoms with E-state index in [4.69, 9.17) is 7.85 Å². The van der Waals surface area contributed by atoms with Gasteiger partial charge in [0.2, 0.25) is 0 Å². The Labute approximate surface area is 158 Å². The molecule has 4 rings (SSSR count). The Morgan fingerprint density at radius 2 is 1.70 bits per heavy atom. The van der Waals surface area contributed by atoms with Crippen LogP contribution in [0.3, 0.4) is 0 Å². The highest BCUT2D eigenvalue weighted by molar-refractivity contribution is 7.90. The van der Waals surface area contributed by atoms with Gasteiger partial charge >= 0.3 is 0 Å². The molecule has 5 nitrogen and oxygen atoms in total. The molecule has 2 heterocycles. The number of aryl methyl sites for hydroxylation is 1. The summed E-state index contributed by atoms with van der Waals surface area (Å²) in [4.78, 5) is 4.44. The number of phenols is 1. The lowest BCUT2D eigenvalue weighted by molar-refractivity contribution is 0.475. The molecule has 0 bridgehead atoms. The number of nitrogens with zero attached hydrogens (tertiary/aromatic N) is 2. The molecule has 0 spiro atoms. The SMILES string of the molecule is [B]c1cnc2c(c1)c(-c1ccc(O)cc1)cn2S(=O)(=O)c1ccc(C)cc1. The highest BCUT2D eigenvalue weighted by Gasteiger charge is 2.22. The maximum absolute atomic E-state index is 13.2. The minimum atomic E-state index is -3.83. The van der Waals surface area contributed by atoms with E-state index in [0.29, 0.717) is 22.1 Å². The number of aromatic nitrogens is 2. The first-order chi connectivity index (χ1) is 12.9. The molecule has 27 heavy (non-hydrogen) atoms. The van der Waals surface area contributed by atoms with Gasteiger partial charge in [0.15, 0.2) is 5.65 Å². The van der Waals surface area contributed by atoms with E-state index in [1.54, 1.807) is 60.8 Å². The van der Waals surface area contributed by atoms with Crippen LogP contribution in [0.2, 0.25) is 0 Å². The van der Waals surface area contributed by atoms with Crippen molar-refractivity contribution in [1.29, 1.82) is 0 Å². The summed E-state index contributed by atoms with van der Waals surface area (Å²) >= 11 is 0. The van der Waals surface area contributed by atoms with Crippen LogP contribution in [-0.4, -0.2) is 30.3 Å². The summed E-state index contributed by atoms with van der Waals surface area (Å²) in [5.74, 6) is 0.132. The minimum Gasteiger partial charge on any atom is -0.508 e. The smallest absolute Gasteiger partial charge is 0.269 e. The van der Waals surface area contributed by atoms with Gasteiger partial charge in [0.25, 0.3) is 10.0 Å². The third-order valence-electron chi connectivity index (χ3n) is 4.39. The van der Waals surface area contributed by atoms with Gasteiger partial charge in [-0.3, -0.25) is 0 Å². The van der Waals surface area contributed by atoms with Crippen molar-refractivity contribution in [2.24, 2.45) is 0 Å². The lowest BCUT2D eigenvalue weighted by Crippen LogP contribution is -2.13. The zero-order valence-corrected chi connectivity index (χ0v) is 15.3. The van der Waals surface area contributed by atoms with Crippen molar-refractivity contribution in [3.05, 3.63) is 72.6 Å². The number of hydrogen-bond acceptors (Lipinski definition) is 4. The molecule has 1 N–H and O–H groups in total. The average molecular weight is 374 g/mol. The quantitative estimate of drug-likeness (QED) is 0.560. The zero-order valence-electron chi connectivity index (χ0n) is 14.5. The largest absolute Gasteiger partial charge is 0.508 e. The van der Waals surface area contributed by atoms with Gasteiger partial charge in [-0.05, 0) is 36.8 Å². The molecular formula is C20H15BN2O3S. The molecule has 0 unspecified atom stereocenters. The summed E-state index contributed by atoms with van der Waals surface area (Å²) in [7, 11) is 2.05. The lowest BCUT2D eigenvalue weighted by atomic mass is 9.96. The maximum atomic E-state index is 13.2. The summed E-state index contributed by atoms with van der Waals surface area (Å²) < 4.78 is 27.6. The van der Waals surface area contributed by atoms with E-state index >= 15 is 0 Å². The van der Waals surface area contributed by atoms with Crippen molar-refractivity contribution >= 4 is 34.4 Å². The maximum Gasteiger partial charge on any atom is 0.269 e. The van der Waals surface area contributed by atoms with Crippen LogP contribution in [0.25, 0.3) is 22.2 Å². The van der Waals surface area contributed by atoms with Gasteiger partial charge in [-0.15, -0.1) is 0 Å². The molecule has 132 valence electrons. The molecule has 2 radical (unpaired) electrons. The van der Waals surface area contributed by atoms with Crippen LogP contribution in [0.5, 0.6) is 5.75 Å². The molecule has 2 aromatic carbocycles. The first-order valence-electron chi connectivity index (χ1n) is 8.24. The van der Waals surface area contributed by atoms with Gasteiger partial charge in [-0.1, -0.05) is 41.4 Å². The van der Waals surface area contributed by atoms with Gasteiger partial charge in [0.05, 0.1) is 4.90 Å². The van der Waals surface area contributed by atoms with Gasteiger partial charge in [-0.25, -0.2) is 17.4 Å². The number of benzene rings is 2. The monoisotopic (exact) mass is 374 g/mol. The second kappa shape index (κ2) is 6.28. The van der Waals surface area contributed by atoms with E-state index in [1.165, 1.54) is 10.2 Å². The van der Waals surface area contributed by atoms with E-state index in [-0.39, 0.29) is 10.6 Å². The van der Waals surface area contributed by atoms with E-state index < -0.39 is 10.0 Å². The van der Waals surface area contributed by atoms with E-state index in [1.807, 2.05) is 6.92 Å². The van der Waals surface area contributed by atoms with Crippen molar-refractivity contribution in [1.82, 2.24) is 8.96 Å². The van der Waals surface area contributed by atoms with Crippen molar-refractivity contribution in [3.8, 4) is 16.9 Å². The normalized spacial score (nSPS) is 11.7. The van der Waals surface area contributed by atoms with Crippen molar-refractivity contribution < 1.29 is 13.5 Å². The van der Waals surface area contributed by atoms with E-state index in [0.717, 1.165) is 11.1 Å². The Hall–Kier alpha value is -3.06. The molecule has 0 aliphatic carbocycles. The highest BCUT2D eigenvalue weighted by Crippen LogP contribution is 2.32. The predicted octanol–water partition coefficient (Wildman–Crippen LogP) is 2.75. The van der Waals surface area contributed by atoms with Crippen LogP contribution in [0.15, 0.2) is 71.9 Å². The Morgan fingerprint density at radius 1 is 1.04 bits per heavy atom. The first kappa shape index (κ1) is 17.4. The fraction of sp³-hybridized carbons (Fsp3) is 0.0500. The molecule has 2 aromatic heterocycles. The lowest BCUT2D eigenvalue weighted by Gasteiger charge is -2.07. The highest BCUT2D eigenvalue weighted by atomic mass is 32.2. The summed E-state index contributed by atoms with van der Waals surface area (Å²) in [5, 5.41) is 10.2. The first-order valence-corrected chi connectivity index (χ1v) is 9.68. The Bertz CT molecular complexity index is 1250. The van der Waals surface area contributed by atoms with E-state index in [9.17, 15) is 13.5 Å². The van der Waals surface area contributed by atoms with Gasteiger partial charge in [0, 0.05) is 23.3 Å². The molecule has 0 fully saturated rings. The third-order valence-corrected chi connectivity index (χ3v) is 6.05. The molecule has 0 saturated heterocycles. The van der Waals surface area contributed by atoms with Gasteiger partial charge in [-0.2, -0.15) is 0 Å². The second-order valence-corrected chi connectivity index (χ2v) is 8.16. The standard InChI is InChI=1S/C20H15BN2O3S/c1-13-2-8-17(9-3-13)27(25,26)23-12-19(14-4-6-16(24)7-5-14)18-10-15(21)11-22-20(18)23/h2-12,24H,1H3. The van der Waals surface area contributed by atoms with Crippen molar-refractivity contribution in [3.63, 3.8) is 0 Å². The molecule has 7 heteroatoms. The minimum absolute atomic E-state index is 0.132.